The molecule has 1 heterocycles. The molecule has 3 heteroatoms. The monoisotopic (exact) mass is 292 g/mol. The van der Waals surface area contributed by atoms with Gasteiger partial charge in [0.05, 0.1) is 5.60 Å². The number of hydrogen-bond donors (Lipinski definition) is 0. The van der Waals surface area contributed by atoms with E-state index in [9.17, 15) is 0 Å². The van der Waals surface area contributed by atoms with Gasteiger partial charge in [-0.3, -0.25) is 0 Å². The Kier molecular flexibility index (Phi) is 6.94. The maximum Gasteiger partial charge on any atom is 0.158 e. The summed E-state index contributed by atoms with van der Waals surface area (Å²) in [5.41, 5.74) is -0.0334. The van der Waals surface area contributed by atoms with Crippen molar-refractivity contribution in [2.24, 2.45) is 0 Å². The van der Waals surface area contributed by atoms with Crippen LogP contribution in [0, 0.1) is 0 Å². The maximum absolute atomic E-state index is 6.03. The molecule has 0 radical (unpaired) electrons. The van der Waals surface area contributed by atoms with Gasteiger partial charge >= 0.3 is 0 Å². The van der Waals surface area contributed by atoms with E-state index in [0.29, 0.717) is 0 Å². The molecule has 0 N–H and O–H groups in total. The lowest BCUT2D eigenvalue weighted by Gasteiger charge is -2.32. The van der Waals surface area contributed by atoms with Crippen molar-refractivity contribution in [3.8, 4) is 0 Å². The molecule has 0 aliphatic carbocycles. The molecule has 0 aromatic rings. The molecule has 1 fully saturated rings. The lowest BCUT2D eigenvalue weighted by atomic mass is 10.0. The van der Waals surface area contributed by atoms with Gasteiger partial charge in [0.15, 0.2) is 6.29 Å². The number of halogens is 1. The SMILES string of the molecule is CC(C)(CCCCCBr)OC1CCCCO1. The van der Waals surface area contributed by atoms with Crippen LogP contribution >= 0.6 is 15.9 Å². The summed E-state index contributed by atoms with van der Waals surface area (Å²) in [6.45, 7) is 5.22. The van der Waals surface area contributed by atoms with Crippen molar-refractivity contribution in [3.05, 3.63) is 0 Å². The van der Waals surface area contributed by atoms with Gasteiger partial charge in [-0.25, -0.2) is 0 Å². The Labute approximate surface area is 108 Å². The molecule has 1 atom stereocenters. The summed E-state index contributed by atoms with van der Waals surface area (Å²) < 4.78 is 11.6. The fourth-order valence-corrected chi connectivity index (χ4v) is 2.44. The van der Waals surface area contributed by atoms with E-state index in [-0.39, 0.29) is 11.9 Å². The lowest BCUT2D eigenvalue weighted by Crippen LogP contribution is -2.34. The van der Waals surface area contributed by atoms with Crippen LogP contribution in [0.1, 0.15) is 58.8 Å². The van der Waals surface area contributed by atoms with Crippen molar-refractivity contribution < 1.29 is 9.47 Å². The summed E-state index contributed by atoms with van der Waals surface area (Å²) in [6, 6.07) is 0. The molecule has 1 aliphatic heterocycles. The third kappa shape index (κ3) is 6.21. The van der Waals surface area contributed by atoms with Crippen LogP contribution in [0.25, 0.3) is 0 Å². The van der Waals surface area contributed by atoms with Crippen LogP contribution in [-0.4, -0.2) is 23.8 Å². The number of hydrogen-bond acceptors (Lipinski definition) is 2. The molecule has 0 aromatic carbocycles. The number of alkyl halides is 1. The summed E-state index contributed by atoms with van der Waals surface area (Å²) in [6.07, 6.45) is 8.44. The van der Waals surface area contributed by atoms with E-state index >= 15 is 0 Å². The van der Waals surface area contributed by atoms with Gasteiger partial charge in [0.1, 0.15) is 0 Å². The minimum absolute atomic E-state index is 0.0334. The Morgan fingerprint density at radius 2 is 2.06 bits per heavy atom. The Hall–Kier alpha value is 0.400. The molecule has 96 valence electrons. The summed E-state index contributed by atoms with van der Waals surface area (Å²) in [7, 11) is 0. The van der Waals surface area contributed by atoms with Crippen molar-refractivity contribution in [1.29, 1.82) is 0 Å². The highest BCUT2D eigenvalue weighted by molar-refractivity contribution is 9.09. The molecular weight excluding hydrogens is 268 g/mol. The van der Waals surface area contributed by atoms with Crippen LogP contribution in [-0.2, 0) is 9.47 Å². The smallest absolute Gasteiger partial charge is 0.158 e. The van der Waals surface area contributed by atoms with Crippen molar-refractivity contribution in [1.82, 2.24) is 0 Å². The van der Waals surface area contributed by atoms with E-state index in [0.717, 1.165) is 24.8 Å². The van der Waals surface area contributed by atoms with Crippen LogP contribution in [0.3, 0.4) is 0 Å². The average Bonchev–Trinajstić information content (AvgIpc) is 2.25. The van der Waals surface area contributed by atoms with Crippen molar-refractivity contribution in [2.75, 3.05) is 11.9 Å². The highest BCUT2D eigenvalue weighted by Crippen LogP contribution is 2.25. The van der Waals surface area contributed by atoms with Crippen LogP contribution in [0.5, 0.6) is 0 Å². The zero-order valence-electron chi connectivity index (χ0n) is 10.6. The number of rotatable bonds is 7. The Morgan fingerprint density at radius 3 is 2.69 bits per heavy atom. The fourth-order valence-electron chi connectivity index (χ4n) is 2.04. The van der Waals surface area contributed by atoms with Gasteiger partial charge in [-0.2, -0.15) is 0 Å². The van der Waals surface area contributed by atoms with Gasteiger partial charge in [-0.15, -0.1) is 0 Å². The maximum atomic E-state index is 6.03. The molecular formula is C13H25BrO2. The van der Waals surface area contributed by atoms with E-state index in [1.165, 1.54) is 32.1 Å². The molecule has 1 unspecified atom stereocenters. The summed E-state index contributed by atoms with van der Waals surface area (Å²) in [4.78, 5) is 0. The molecule has 16 heavy (non-hydrogen) atoms. The quantitative estimate of drug-likeness (QED) is 0.515. The minimum Gasteiger partial charge on any atom is -0.353 e. The number of ether oxygens (including phenoxy) is 2. The van der Waals surface area contributed by atoms with Gasteiger partial charge < -0.3 is 9.47 Å². The van der Waals surface area contributed by atoms with Crippen molar-refractivity contribution >= 4 is 15.9 Å². The molecule has 0 aromatic heterocycles. The van der Waals surface area contributed by atoms with Gasteiger partial charge in [0, 0.05) is 11.9 Å². The predicted molar refractivity (Wildman–Crippen MR) is 71.0 cm³/mol. The van der Waals surface area contributed by atoms with Crippen LogP contribution in [0.4, 0.5) is 0 Å². The lowest BCUT2D eigenvalue weighted by molar-refractivity contribution is -0.217. The van der Waals surface area contributed by atoms with Gasteiger partial charge in [-0.1, -0.05) is 28.8 Å². The van der Waals surface area contributed by atoms with Crippen molar-refractivity contribution in [2.45, 2.75) is 70.7 Å². The number of unbranched alkanes of at least 4 members (excludes halogenated alkanes) is 2. The molecule has 0 amide bonds. The molecule has 2 nitrogen and oxygen atoms in total. The zero-order valence-corrected chi connectivity index (χ0v) is 12.2. The highest BCUT2D eigenvalue weighted by atomic mass is 79.9. The third-order valence-electron chi connectivity index (χ3n) is 3.00. The molecule has 1 saturated heterocycles. The van der Waals surface area contributed by atoms with E-state index in [2.05, 4.69) is 29.8 Å². The van der Waals surface area contributed by atoms with E-state index < -0.39 is 0 Å². The second-order valence-electron chi connectivity index (χ2n) is 5.17. The largest absolute Gasteiger partial charge is 0.353 e. The van der Waals surface area contributed by atoms with E-state index in [4.69, 9.17) is 9.47 Å². The van der Waals surface area contributed by atoms with Crippen molar-refractivity contribution in [3.63, 3.8) is 0 Å². The minimum atomic E-state index is -0.0334. The first-order chi connectivity index (χ1) is 7.64. The van der Waals surface area contributed by atoms with Gasteiger partial charge in [0.25, 0.3) is 0 Å². The predicted octanol–water partition coefficient (Wildman–Crippen LogP) is 4.26. The molecule has 1 rings (SSSR count). The standard InChI is InChI=1S/C13H25BrO2/c1-13(2,9-5-3-6-10-14)16-12-8-4-7-11-15-12/h12H,3-11H2,1-2H3. The molecule has 0 bridgehead atoms. The summed E-state index contributed by atoms with van der Waals surface area (Å²) >= 11 is 3.46. The van der Waals surface area contributed by atoms with E-state index in [1.54, 1.807) is 0 Å². The second-order valence-corrected chi connectivity index (χ2v) is 5.97. The Morgan fingerprint density at radius 1 is 1.25 bits per heavy atom. The summed E-state index contributed by atoms with van der Waals surface area (Å²) in [5, 5.41) is 1.11. The van der Waals surface area contributed by atoms with Crippen LogP contribution in [0.15, 0.2) is 0 Å². The van der Waals surface area contributed by atoms with Crippen LogP contribution < -0.4 is 0 Å². The highest BCUT2D eigenvalue weighted by Gasteiger charge is 2.25. The third-order valence-corrected chi connectivity index (χ3v) is 3.56. The molecule has 0 spiro atoms. The van der Waals surface area contributed by atoms with Crippen LogP contribution in [0.2, 0.25) is 0 Å². The van der Waals surface area contributed by atoms with Gasteiger partial charge in [-0.05, 0) is 46.0 Å². The second kappa shape index (κ2) is 7.67. The normalized spacial score (nSPS) is 22.3. The first-order valence-electron chi connectivity index (χ1n) is 6.49. The van der Waals surface area contributed by atoms with Gasteiger partial charge in [0.2, 0.25) is 0 Å². The zero-order chi connectivity index (χ0) is 11.9. The fraction of sp³-hybridized carbons (Fsp3) is 1.00. The average molecular weight is 293 g/mol. The first kappa shape index (κ1) is 14.5. The van der Waals surface area contributed by atoms with E-state index in [1.807, 2.05) is 0 Å². The Bertz CT molecular complexity index is 177. The molecule has 1 aliphatic rings. The first-order valence-corrected chi connectivity index (χ1v) is 7.61. The Balaban J connectivity index is 2.16. The topological polar surface area (TPSA) is 18.5 Å². The summed E-state index contributed by atoms with van der Waals surface area (Å²) in [5.74, 6) is 0. The molecule has 0 saturated carbocycles.